The summed E-state index contributed by atoms with van der Waals surface area (Å²) in [4.78, 5) is 34.7. The van der Waals surface area contributed by atoms with Gasteiger partial charge in [-0.15, -0.1) is 0 Å². The van der Waals surface area contributed by atoms with Gasteiger partial charge in [-0.1, -0.05) is 20.8 Å². The number of carbonyl (C=O) groups excluding carboxylic acids is 2. The highest BCUT2D eigenvalue weighted by Gasteiger charge is 2.23. The number of amides is 1. The summed E-state index contributed by atoms with van der Waals surface area (Å²) in [5, 5.41) is 14.9. The summed E-state index contributed by atoms with van der Waals surface area (Å²) in [5.74, 6) is -1.14. The molecule has 0 aliphatic rings. The van der Waals surface area contributed by atoms with E-state index in [9.17, 15) is 19.5 Å². The van der Waals surface area contributed by atoms with E-state index in [1.807, 2.05) is 41.5 Å². The zero-order valence-corrected chi connectivity index (χ0v) is 17.5. The van der Waals surface area contributed by atoms with Gasteiger partial charge in [-0.05, 0) is 27.2 Å². The van der Waals surface area contributed by atoms with Crippen molar-refractivity contribution in [2.45, 2.75) is 66.0 Å². The summed E-state index contributed by atoms with van der Waals surface area (Å²) >= 11 is 0. The Morgan fingerprint density at radius 2 is 1.56 bits per heavy atom. The molecule has 0 radical (unpaired) electrons. The molecule has 0 rings (SSSR count). The Morgan fingerprint density at radius 3 is 2.07 bits per heavy atom. The molecule has 0 aromatic carbocycles. The van der Waals surface area contributed by atoms with Crippen LogP contribution in [0.1, 0.15) is 54.4 Å². The number of nitrogens with one attached hydrogen (secondary N) is 2. The van der Waals surface area contributed by atoms with Crippen LogP contribution in [0.4, 0.5) is 0 Å². The van der Waals surface area contributed by atoms with Gasteiger partial charge in [0.15, 0.2) is 5.78 Å². The molecule has 8 nitrogen and oxygen atoms in total. The van der Waals surface area contributed by atoms with Crippen molar-refractivity contribution in [3.8, 4) is 0 Å². The normalized spacial score (nSPS) is 13.3. The van der Waals surface area contributed by atoms with E-state index in [2.05, 4.69) is 10.6 Å². The van der Waals surface area contributed by atoms with Gasteiger partial charge >= 0.3 is 5.97 Å². The SMILES string of the molecule is CC(C)(C)NC(CCC(=O)NCCOCCOCC(=O)C(C)(C)C)C(=O)O. The lowest BCUT2D eigenvalue weighted by molar-refractivity contribution is -0.140. The highest BCUT2D eigenvalue weighted by molar-refractivity contribution is 5.84. The second kappa shape index (κ2) is 12.0. The quantitative estimate of drug-likeness (QED) is 0.408. The molecule has 0 heterocycles. The van der Waals surface area contributed by atoms with Crippen LogP contribution in [0.5, 0.6) is 0 Å². The number of ether oxygens (including phenoxy) is 2. The van der Waals surface area contributed by atoms with Crippen molar-refractivity contribution in [2.24, 2.45) is 5.41 Å². The summed E-state index contributed by atoms with van der Waals surface area (Å²) in [6.45, 7) is 12.5. The van der Waals surface area contributed by atoms with Crippen molar-refractivity contribution in [2.75, 3.05) is 33.0 Å². The molecule has 1 atom stereocenters. The van der Waals surface area contributed by atoms with Gasteiger partial charge in [-0.25, -0.2) is 0 Å². The number of carbonyl (C=O) groups is 3. The summed E-state index contributed by atoms with van der Waals surface area (Å²) in [6.07, 6.45) is 0.340. The molecule has 27 heavy (non-hydrogen) atoms. The van der Waals surface area contributed by atoms with Gasteiger partial charge in [0.2, 0.25) is 5.91 Å². The highest BCUT2D eigenvalue weighted by atomic mass is 16.5. The van der Waals surface area contributed by atoms with Gasteiger partial charge in [0, 0.05) is 23.9 Å². The highest BCUT2D eigenvalue weighted by Crippen LogP contribution is 2.14. The molecular formula is C19H36N2O6. The van der Waals surface area contributed by atoms with Crippen molar-refractivity contribution >= 4 is 17.7 Å². The summed E-state index contributed by atoms with van der Waals surface area (Å²) in [6, 6.07) is -0.764. The summed E-state index contributed by atoms with van der Waals surface area (Å²) in [5.41, 5.74) is -0.750. The minimum absolute atomic E-state index is 0.0374. The predicted octanol–water partition coefficient (Wildman–Crippen LogP) is 1.37. The molecule has 0 saturated carbocycles. The Balaban J connectivity index is 3.77. The van der Waals surface area contributed by atoms with Gasteiger partial charge in [0.05, 0.1) is 19.8 Å². The van der Waals surface area contributed by atoms with Crippen molar-refractivity contribution < 1.29 is 29.0 Å². The maximum absolute atomic E-state index is 11.8. The standard InChI is InChI=1S/C19H36N2O6/c1-18(2,3)15(22)13-27-12-11-26-10-9-20-16(23)8-7-14(17(24)25)21-19(4,5)6/h14,21H,7-13H2,1-6H3,(H,20,23)(H,24,25). The zero-order valence-electron chi connectivity index (χ0n) is 17.5. The average molecular weight is 389 g/mol. The van der Waals surface area contributed by atoms with E-state index >= 15 is 0 Å². The monoisotopic (exact) mass is 388 g/mol. The average Bonchev–Trinajstić information content (AvgIpc) is 2.51. The van der Waals surface area contributed by atoms with E-state index in [4.69, 9.17) is 9.47 Å². The Labute approximate surface area is 162 Å². The molecule has 158 valence electrons. The lowest BCUT2D eigenvalue weighted by Crippen LogP contribution is -2.48. The third-order valence-corrected chi connectivity index (χ3v) is 3.58. The molecule has 0 bridgehead atoms. The van der Waals surface area contributed by atoms with Crippen molar-refractivity contribution in [3.63, 3.8) is 0 Å². The molecule has 0 aromatic rings. The zero-order chi connectivity index (χ0) is 21.1. The molecule has 0 aliphatic carbocycles. The van der Waals surface area contributed by atoms with Gasteiger partial charge in [-0.2, -0.15) is 0 Å². The van der Waals surface area contributed by atoms with Crippen LogP contribution in [0, 0.1) is 5.41 Å². The first-order valence-electron chi connectivity index (χ1n) is 9.29. The number of hydrogen-bond acceptors (Lipinski definition) is 6. The Bertz CT molecular complexity index is 480. The fourth-order valence-electron chi connectivity index (χ4n) is 2.01. The number of carboxylic acid groups (broad SMARTS) is 1. The van der Waals surface area contributed by atoms with Crippen LogP contribution >= 0.6 is 0 Å². The Hall–Kier alpha value is -1.51. The van der Waals surface area contributed by atoms with Gasteiger partial charge in [0.1, 0.15) is 12.6 Å². The van der Waals surface area contributed by atoms with Crippen LogP contribution in [0.15, 0.2) is 0 Å². The molecule has 0 aromatic heterocycles. The largest absolute Gasteiger partial charge is 0.480 e. The molecule has 0 spiro atoms. The van der Waals surface area contributed by atoms with E-state index in [0.717, 1.165) is 0 Å². The van der Waals surface area contributed by atoms with Gasteiger partial charge in [0.25, 0.3) is 0 Å². The Morgan fingerprint density at radius 1 is 0.963 bits per heavy atom. The number of carboxylic acids is 1. The fraction of sp³-hybridized carbons (Fsp3) is 0.842. The minimum atomic E-state index is -0.967. The second-order valence-corrected chi connectivity index (χ2v) is 8.51. The first-order valence-corrected chi connectivity index (χ1v) is 9.29. The molecule has 3 N–H and O–H groups in total. The fourth-order valence-corrected chi connectivity index (χ4v) is 2.01. The smallest absolute Gasteiger partial charge is 0.320 e. The molecule has 0 fully saturated rings. The van der Waals surface area contributed by atoms with Crippen LogP contribution in [-0.2, 0) is 23.9 Å². The molecule has 1 unspecified atom stereocenters. The maximum atomic E-state index is 11.8. The first-order chi connectivity index (χ1) is 12.3. The number of hydrogen-bond donors (Lipinski definition) is 3. The first kappa shape index (κ1) is 25.5. The van der Waals surface area contributed by atoms with E-state index in [1.54, 1.807) is 0 Å². The van der Waals surface area contributed by atoms with Crippen LogP contribution in [0.2, 0.25) is 0 Å². The van der Waals surface area contributed by atoms with Gasteiger partial charge < -0.3 is 19.9 Å². The predicted molar refractivity (Wildman–Crippen MR) is 103 cm³/mol. The van der Waals surface area contributed by atoms with Crippen LogP contribution < -0.4 is 10.6 Å². The minimum Gasteiger partial charge on any atom is -0.480 e. The summed E-state index contributed by atoms with van der Waals surface area (Å²) < 4.78 is 10.6. The van der Waals surface area contributed by atoms with E-state index in [1.165, 1.54) is 0 Å². The van der Waals surface area contributed by atoms with Crippen molar-refractivity contribution in [3.05, 3.63) is 0 Å². The van der Waals surface area contributed by atoms with Gasteiger partial charge in [-0.3, -0.25) is 19.7 Å². The molecular weight excluding hydrogens is 352 g/mol. The summed E-state index contributed by atoms with van der Waals surface area (Å²) in [7, 11) is 0. The maximum Gasteiger partial charge on any atom is 0.320 e. The third kappa shape index (κ3) is 14.2. The van der Waals surface area contributed by atoms with E-state index < -0.39 is 17.4 Å². The number of aliphatic carboxylic acids is 1. The topological polar surface area (TPSA) is 114 Å². The Kier molecular flexibility index (Phi) is 11.4. The lowest BCUT2D eigenvalue weighted by Gasteiger charge is -2.25. The lowest BCUT2D eigenvalue weighted by atomic mass is 9.91. The number of rotatable bonds is 13. The molecule has 0 aliphatic heterocycles. The number of Topliss-reactive ketones (excluding diaryl/α,β-unsaturated/α-hetero) is 1. The second-order valence-electron chi connectivity index (χ2n) is 8.51. The van der Waals surface area contributed by atoms with Crippen LogP contribution in [-0.4, -0.2) is 67.3 Å². The molecule has 8 heteroatoms. The van der Waals surface area contributed by atoms with Crippen molar-refractivity contribution in [1.29, 1.82) is 0 Å². The van der Waals surface area contributed by atoms with Crippen molar-refractivity contribution in [1.82, 2.24) is 10.6 Å². The van der Waals surface area contributed by atoms with Crippen LogP contribution in [0.25, 0.3) is 0 Å². The third-order valence-electron chi connectivity index (χ3n) is 3.58. The van der Waals surface area contributed by atoms with Crippen LogP contribution in [0.3, 0.4) is 0 Å². The molecule has 0 saturated heterocycles. The van der Waals surface area contributed by atoms with E-state index in [0.29, 0.717) is 26.4 Å². The van der Waals surface area contributed by atoms with E-state index in [-0.39, 0.29) is 36.7 Å². The molecule has 1 amide bonds. The number of ketones is 1.